The van der Waals surface area contributed by atoms with Gasteiger partial charge in [-0.05, 0) is 62.9 Å². The molecule has 0 radical (unpaired) electrons. The number of aryl methyl sites for hydroxylation is 1. The molecule has 1 aliphatic heterocycles. The topological polar surface area (TPSA) is 38.8 Å². The molecule has 1 fully saturated rings. The van der Waals surface area contributed by atoms with Crippen LogP contribution in [0.3, 0.4) is 0 Å². The largest absolute Gasteiger partial charge is 0.371 e. The van der Waals surface area contributed by atoms with Gasteiger partial charge in [-0.15, -0.1) is 0 Å². The van der Waals surface area contributed by atoms with E-state index in [4.69, 9.17) is 0 Å². The molecule has 0 aromatic heterocycles. The average molecular weight is 381 g/mol. The molecule has 1 amide bonds. The fraction of sp³-hybridized carbons (Fsp3) is 0.435. The van der Waals surface area contributed by atoms with Crippen molar-refractivity contribution in [1.29, 1.82) is 0 Å². The highest BCUT2D eigenvalue weighted by Crippen LogP contribution is 2.20. The van der Waals surface area contributed by atoms with Gasteiger partial charge in [0.2, 0.25) is 5.91 Å². The number of carbonyl (C=O) groups excluding carboxylic acids is 1. The van der Waals surface area contributed by atoms with Crippen LogP contribution in [-0.4, -0.2) is 57.1 Å². The van der Waals surface area contributed by atoms with Crippen molar-refractivity contribution in [2.45, 2.75) is 20.3 Å². The Morgan fingerprint density at radius 2 is 1.79 bits per heavy atom. The van der Waals surface area contributed by atoms with Crippen LogP contribution < -0.4 is 15.1 Å². The second-order valence-corrected chi connectivity index (χ2v) is 7.55. The molecule has 3 rings (SSSR count). The first-order valence-electron chi connectivity index (χ1n) is 10.2. The standard InChI is InChI=1S/C23H32N4O/c1-4-26(22-7-5-6-19(2)18-22)13-12-23(28)24-20-8-10-21(11-9-20)27-16-14-25(3)15-17-27/h5-11,18H,4,12-17H2,1-3H3,(H,24,28). The third-order valence-corrected chi connectivity index (χ3v) is 5.38. The lowest BCUT2D eigenvalue weighted by Gasteiger charge is -2.34. The van der Waals surface area contributed by atoms with Crippen molar-refractivity contribution in [3.8, 4) is 0 Å². The maximum Gasteiger partial charge on any atom is 0.226 e. The molecule has 2 aromatic rings. The number of anilines is 3. The summed E-state index contributed by atoms with van der Waals surface area (Å²) in [5, 5.41) is 3.03. The number of piperazine rings is 1. The van der Waals surface area contributed by atoms with E-state index >= 15 is 0 Å². The fourth-order valence-corrected chi connectivity index (χ4v) is 3.57. The fourth-order valence-electron chi connectivity index (χ4n) is 3.57. The summed E-state index contributed by atoms with van der Waals surface area (Å²) in [6, 6.07) is 16.6. The van der Waals surface area contributed by atoms with Gasteiger partial charge in [-0.2, -0.15) is 0 Å². The van der Waals surface area contributed by atoms with Crippen LogP contribution in [0.15, 0.2) is 48.5 Å². The van der Waals surface area contributed by atoms with Crippen LogP contribution in [0.5, 0.6) is 0 Å². The molecule has 1 aliphatic rings. The Labute approximate surface area is 168 Å². The maximum absolute atomic E-state index is 12.4. The van der Waals surface area contributed by atoms with Crippen LogP contribution in [0, 0.1) is 6.92 Å². The lowest BCUT2D eigenvalue weighted by Crippen LogP contribution is -2.44. The van der Waals surface area contributed by atoms with Crippen molar-refractivity contribution in [2.75, 3.05) is 61.4 Å². The van der Waals surface area contributed by atoms with Gasteiger partial charge in [0.1, 0.15) is 0 Å². The number of carbonyl (C=O) groups is 1. The van der Waals surface area contributed by atoms with E-state index in [1.165, 1.54) is 16.9 Å². The number of benzene rings is 2. The van der Waals surface area contributed by atoms with Gasteiger partial charge in [-0.25, -0.2) is 0 Å². The highest BCUT2D eigenvalue weighted by molar-refractivity contribution is 5.91. The predicted octanol–water partition coefficient (Wildman–Crippen LogP) is 3.60. The number of nitrogens with one attached hydrogen (secondary N) is 1. The first-order chi connectivity index (χ1) is 13.5. The monoisotopic (exact) mass is 380 g/mol. The van der Waals surface area contributed by atoms with E-state index in [9.17, 15) is 4.79 Å². The van der Waals surface area contributed by atoms with Crippen LogP contribution in [0.25, 0.3) is 0 Å². The molecule has 1 heterocycles. The number of amides is 1. The van der Waals surface area contributed by atoms with Crippen molar-refractivity contribution in [1.82, 2.24) is 4.90 Å². The molecule has 28 heavy (non-hydrogen) atoms. The van der Waals surface area contributed by atoms with Crippen molar-refractivity contribution >= 4 is 23.0 Å². The number of nitrogens with zero attached hydrogens (tertiary/aromatic N) is 3. The van der Waals surface area contributed by atoms with Gasteiger partial charge in [0, 0.05) is 62.8 Å². The number of hydrogen-bond acceptors (Lipinski definition) is 4. The van der Waals surface area contributed by atoms with Crippen LogP contribution in [-0.2, 0) is 4.79 Å². The lowest BCUT2D eigenvalue weighted by molar-refractivity contribution is -0.116. The first kappa shape index (κ1) is 20.2. The molecular weight excluding hydrogens is 348 g/mol. The summed E-state index contributed by atoms with van der Waals surface area (Å²) in [7, 11) is 2.16. The Balaban J connectivity index is 1.50. The van der Waals surface area contributed by atoms with Crippen LogP contribution in [0.1, 0.15) is 18.9 Å². The predicted molar refractivity (Wildman–Crippen MR) is 118 cm³/mol. The van der Waals surface area contributed by atoms with Gasteiger partial charge in [0.05, 0.1) is 0 Å². The zero-order valence-corrected chi connectivity index (χ0v) is 17.3. The SMILES string of the molecule is CCN(CCC(=O)Nc1ccc(N2CCN(C)CC2)cc1)c1cccc(C)c1. The minimum absolute atomic E-state index is 0.0541. The molecular formula is C23H32N4O. The van der Waals surface area contributed by atoms with E-state index in [-0.39, 0.29) is 5.91 Å². The van der Waals surface area contributed by atoms with Crippen LogP contribution in [0.4, 0.5) is 17.1 Å². The Kier molecular flexibility index (Phi) is 6.93. The normalized spacial score (nSPS) is 14.8. The molecule has 1 saturated heterocycles. The van der Waals surface area contributed by atoms with Gasteiger partial charge >= 0.3 is 0 Å². The Morgan fingerprint density at radius 1 is 1.07 bits per heavy atom. The van der Waals surface area contributed by atoms with Crippen LogP contribution >= 0.6 is 0 Å². The maximum atomic E-state index is 12.4. The second-order valence-electron chi connectivity index (χ2n) is 7.55. The summed E-state index contributed by atoms with van der Waals surface area (Å²) in [5.74, 6) is 0.0541. The molecule has 0 unspecified atom stereocenters. The molecule has 0 atom stereocenters. The summed E-state index contributed by atoms with van der Waals surface area (Å²) < 4.78 is 0. The van der Waals surface area contributed by atoms with Gasteiger partial charge in [-0.3, -0.25) is 4.79 Å². The van der Waals surface area contributed by atoms with E-state index in [1.807, 2.05) is 12.1 Å². The zero-order valence-electron chi connectivity index (χ0n) is 17.3. The van der Waals surface area contributed by atoms with Crippen molar-refractivity contribution in [3.05, 3.63) is 54.1 Å². The molecule has 5 heteroatoms. The van der Waals surface area contributed by atoms with Crippen molar-refractivity contribution < 1.29 is 4.79 Å². The Morgan fingerprint density at radius 3 is 2.43 bits per heavy atom. The van der Waals surface area contributed by atoms with E-state index in [0.29, 0.717) is 13.0 Å². The minimum atomic E-state index is 0.0541. The quantitative estimate of drug-likeness (QED) is 0.797. The highest BCUT2D eigenvalue weighted by atomic mass is 16.1. The lowest BCUT2D eigenvalue weighted by atomic mass is 10.2. The number of rotatable bonds is 7. The summed E-state index contributed by atoms with van der Waals surface area (Å²) >= 11 is 0. The highest BCUT2D eigenvalue weighted by Gasteiger charge is 2.14. The third kappa shape index (κ3) is 5.49. The molecule has 0 saturated carbocycles. The molecule has 0 aliphatic carbocycles. The van der Waals surface area contributed by atoms with Gasteiger partial charge < -0.3 is 20.0 Å². The van der Waals surface area contributed by atoms with Crippen molar-refractivity contribution in [2.24, 2.45) is 0 Å². The summed E-state index contributed by atoms with van der Waals surface area (Å²) in [5.41, 5.74) is 4.50. The Bertz CT molecular complexity index is 766. The number of hydrogen-bond donors (Lipinski definition) is 1. The van der Waals surface area contributed by atoms with Gasteiger partial charge in [0.15, 0.2) is 0 Å². The molecule has 5 nitrogen and oxygen atoms in total. The number of likely N-dealkylation sites (N-methyl/N-ethyl adjacent to an activating group) is 1. The van der Waals surface area contributed by atoms with Crippen LogP contribution in [0.2, 0.25) is 0 Å². The van der Waals surface area contributed by atoms with Gasteiger partial charge in [-0.1, -0.05) is 12.1 Å². The minimum Gasteiger partial charge on any atom is -0.371 e. The average Bonchev–Trinajstić information content (AvgIpc) is 2.70. The third-order valence-electron chi connectivity index (χ3n) is 5.38. The molecule has 150 valence electrons. The van der Waals surface area contributed by atoms with Gasteiger partial charge in [0.25, 0.3) is 0 Å². The molecule has 1 N–H and O–H groups in total. The van der Waals surface area contributed by atoms with E-state index in [2.05, 4.69) is 77.3 Å². The summed E-state index contributed by atoms with van der Waals surface area (Å²) in [6.45, 7) is 10.1. The molecule has 0 bridgehead atoms. The van der Waals surface area contributed by atoms with Crippen molar-refractivity contribution in [3.63, 3.8) is 0 Å². The zero-order chi connectivity index (χ0) is 19.9. The molecule has 0 spiro atoms. The first-order valence-corrected chi connectivity index (χ1v) is 10.2. The van der Waals surface area contributed by atoms with E-state index in [0.717, 1.165) is 38.4 Å². The second kappa shape index (κ2) is 9.60. The Hall–Kier alpha value is -2.53. The summed E-state index contributed by atoms with van der Waals surface area (Å²) in [6.07, 6.45) is 0.474. The summed E-state index contributed by atoms with van der Waals surface area (Å²) in [4.78, 5) is 19.4. The molecule has 2 aromatic carbocycles. The van der Waals surface area contributed by atoms with E-state index < -0.39 is 0 Å². The smallest absolute Gasteiger partial charge is 0.226 e. The van der Waals surface area contributed by atoms with E-state index in [1.54, 1.807) is 0 Å².